The highest BCUT2D eigenvalue weighted by molar-refractivity contribution is 5.14. The maximum absolute atomic E-state index is 5.43. The zero-order valence-corrected chi connectivity index (χ0v) is 13.1. The molecule has 0 aliphatic heterocycles. The molecule has 1 N–H and O–H groups in total. The van der Waals surface area contributed by atoms with Gasteiger partial charge in [0.1, 0.15) is 5.76 Å². The van der Waals surface area contributed by atoms with E-state index >= 15 is 0 Å². The van der Waals surface area contributed by atoms with Gasteiger partial charge in [-0.05, 0) is 49.6 Å². The predicted octanol–water partition coefficient (Wildman–Crippen LogP) is 3.78. The van der Waals surface area contributed by atoms with Crippen LogP contribution < -0.4 is 5.32 Å². The molecule has 3 heteroatoms. The number of nitrogens with zero attached hydrogens (tertiary/aromatic N) is 1. The lowest BCUT2D eigenvalue weighted by molar-refractivity contribution is 0.439. The molecule has 3 nitrogen and oxygen atoms in total. The Hall–Kier alpha value is -1.61. The number of pyridine rings is 1. The van der Waals surface area contributed by atoms with Crippen LogP contribution >= 0.6 is 0 Å². The number of rotatable bonds is 9. The molecule has 0 aromatic carbocycles. The van der Waals surface area contributed by atoms with E-state index < -0.39 is 0 Å². The van der Waals surface area contributed by atoms with Crippen LogP contribution in [-0.2, 0) is 19.3 Å². The molecule has 1 atom stereocenters. The van der Waals surface area contributed by atoms with E-state index in [9.17, 15) is 0 Å². The highest BCUT2D eigenvalue weighted by Crippen LogP contribution is 2.10. The number of aromatic nitrogens is 1. The van der Waals surface area contributed by atoms with E-state index in [0.29, 0.717) is 6.04 Å². The van der Waals surface area contributed by atoms with Gasteiger partial charge < -0.3 is 9.73 Å². The SMILES string of the molecule is CCCNC(CCc1ccco1)Cc1ccc(CC)cn1. The van der Waals surface area contributed by atoms with Gasteiger partial charge in [0, 0.05) is 30.8 Å². The third kappa shape index (κ3) is 5.35. The summed E-state index contributed by atoms with van der Waals surface area (Å²) in [6.45, 7) is 5.41. The van der Waals surface area contributed by atoms with Crippen molar-refractivity contribution >= 4 is 0 Å². The standard InChI is InChI=1S/C18H26N2O/c1-3-11-19-16(9-10-18-6-5-12-21-18)13-17-8-7-15(4-2)14-20-17/h5-8,12,14,16,19H,3-4,9-11,13H2,1-2H3. The lowest BCUT2D eigenvalue weighted by Gasteiger charge is -2.18. The van der Waals surface area contributed by atoms with Crippen LogP contribution in [0, 0.1) is 0 Å². The van der Waals surface area contributed by atoms with E-state index in [2.05, 4.69) is 36.3 Å². The van der Waals surface area contributed by atoms with Gasteiger partial charge in [-0.2, -0.15) is 0 Å². The highest BCUT2D eigenvalue weighted by Gasteiger charge is 2.11. The van der Waals surface area contributed by atoms with Crippen molar-refractivity contribution in [3.63, 3.8) is 0 Å². The Morgan fingerprint density at radius 3 is 2.76 bits per heavy atom. The first-order valence-electron chi connectivity index (χ1n) is 8.01. The van der Waals surface area contributed by atoms with E-state index in [1.807, 2.05) is 18.3 Å². The zero-order chi connectivity index (χ0) is 14.9. The average Bonchev–Trinajstić information content (AvgIpc) is 3.04. The van der Waals surface area contributed by atoms with Gasteiger partial charge in [-0.25, -0.2) is 0 Å². The average molecular weight is 286 g/mol. The molecule has 2 aromatic rings. The van der Waals surface area contributed by atoms with Crippen molar-refractivity contribution in [2.45, 2.75) is 52.0 Å². The molecule has 0 aliphatic rings. The lowest BCUT2D eigenvalue weighted by atomic mass is 10.0. The Balaban J connectivity index is 1.90. The van der Waals surface area contributed by atoms with Gasteiger partial charge in [-0.1, -0.05) is 19.9 Å². The lowest BCUT2D eigenvalue weighted by Crippen LogP contribution is -2.32. The van der Waals surface area contributed by atoms with Crippen molar-refractivity contribution in [2.24, 2.45) is 0 Å². The molecular formula is C18H26N2O. The maximum atomic E-state index is 5.43. The van der Waals surface area contributed by atoms with Crippen LogP contribution in [0.3, 0.4) is 0 Å². The first kappa shape index (κ1) is 15.8. The number of furan rings is 1. The van der Waals surface area contributed by atoms with E-state index in [1.54, 1.807) is 6.26 Å². The van der Waals surface area contributed by atoms with Gasteiger partial charge in [-0.3, -0.25) is 4.98 Å². The molecular weight excluding hydrogens is 260 g/mol. The van der Waals surface area contributed by atoms with E-state index in [0.717, 1.165) is 44.4 Å². The normalized spacial score (nSPS) is 12.5. The molecule has 0 amide bonds. The molecule has 2 rings (SSSR count). The topological polar surface area (TPSA) is 38.1 Å². The summed E-state index contributed by atoms with van der Waals surface area (Å²) in [7, 11) is 0. The largest absolute Gasteiger partial charge is 0.469 e. The fourth-order valence-electron chi connectivity index (χ4n) is 2.43. The molecule has 2 heterocycles. The first-order valence-corrected chi connectivity index (χ1v) is 8.01. The van der Waals surface area contributed by atoms with Crippen molar-refractivity contribution in [1.82, 2.24) is 10.3 Å². The molecule has 114 valence electrons. The van der Waals surface area contributed by atoms with Crippen LogP contribution in [-0.4, -0.2) is 17.6 Å². The minimum Gasteiger partial charge on any atom is -0.469 e. The third-order valence-electron chi connectivity index (χ3n) is 3.75. The predicted molar refractivity (Wildman–Crippen MR) is 86.4 cm³/mol. The summed E-state index contributed by atoms with van der Waals surface area (Å²) in [6, 6.07) is 8.80. The van der Waals surface area contributed by atoms with E-state index in [4.69, 9.17) is 4.42 Å². The van der Waals surface area contributed by atoms with Crippen LogP contribution in [0.25, 0.3) is 0 Å². The molecule has 0 spiro atoms. The number of nitrogens with one attached hydrogen (secondary N) is 1. The van der Waals surface area contributed by atoms with Gasteiger partial charge in [-0.15, -0.1) is 0 Å². The summed E-state index contributed by atoms with van der Waals surface area (Å²) >= 11 is 0. The Labute approximate surface area is 127 Å². The quantitative estimate of drug-likeness (QED) is 0.762. The Kier molecular flexibility index (Phi) is 6.48. The molecule has 2 aromatic heterocycles. The fraction of sp³-hybridized carbons (Fsp3) is 0.500. The second-order valence-electron chi connectivity index (χ2n) is 5.48. The van der Waals surface area contributed by atoms with Crippen molar-refractivity contribution in [3.8, 4) is 0 Å². The number of hydrogen-bond acceptors (Lipinski definition) is 3. The smallest absolute Gasteiger partial charge is 0.103 e. The maximum Gasteiger partial charge on any atom is 0.103 e. The van der Waals surface area contributed by atoms with E-state index in [1.165, 1.54) is 11.3 Å². The summed E-state index contributed by atoms with van der Waals surface area (Å²) in [6.07, 6.45) is 8.97. The Morgan fingerprint density at radius 2 is 2.14 bits per heavy atom. The summed E-state index contributed by atoms with van der Waals surface area (Å²) in [5.74, 6) is 1.06. The summed E-state index contributed by atoms with van der Waals surface area (Å²) in [5, 5.41) is 3.63. The van der Waals surface area contributed by atoms with Crippen LogP contribution in [0.5, 0.6) is 0 Å². The summed E-state index contributed by atoms with van der Waals surface area (Å²) in [4.78, 5) is 4.58. The monoisotopic (exact) mass is 286 g/mol. The number of hydrogen-bond donors (Lipinski definition) is 1. The summed E-state index contributed by atoms with van der Waals surface area (Å²) < 4.78 is 5.43. The van der Waals surface area contributed by atoms with E-state index in [-0.39, 0.29) is 0 Å². The fourth-order valence-corrected chi connectivity index (χ4v) is 2.43. The molecule has 0 saturated heterocycles. The highest BCUT2D eigenvalue weighted by atomic mass is 16.3. The van der Waals surface area contributed by atoms with Crippen molar-refractivity contribution < 1.29 is 4.42 Å². The minimum atomic E-state index is 0.454. The first-order chi connectivity index (χ1) is 10.3. The van der Waals surface area contributed by atoms with Crippen molar-refractivity contribution in [1.29, 1.82) is 0 Å². The van der Waals surface area contributed by atoms with Gasteiger partial charge >= 0.3 is 0 Å². The van der Waals surface area contributed by atoms with Crippen LogP contribution in [0.15, 0.2) is 41.1 Å². The minimum absolute atomic E-state index is 0.454. The van der Waals surface area contributed by atoms with Crippen LogP contribution in [0.2, 0.25) is 0 Å². The Morgan fingerprint density at radius 1 is 1.24 bits per heavy atom. The molecule has 0 radical (unpaired) electrons. The third-order valence-corrected chi connectivity index (χ3v) is 3.75. The van der Waals surface area contributed by atoms with Gasteiger partial charge in [0.05, 0.1) is 6.26 Å². The number of aryl methyl sites for hydroxylation is 2. The van der Waals surface area contributed by atoms with Gasteiger partial charge in [0.25, 0.3) is 0 Å². The van der Waals surface area contributed by atoms with Gasteiger partial charge in [0.15, 0.2) is 0 Å². The second-order valence-corrected chi connectivity index (χ2v) is 5.48. The molecule has 0 aliphatic carbocycles. The zero-order valence-electron chi connectivity index (χ0n) is 13.1. The molecule has 1 unspecified atom stereocenters. The summed E-state index contributed by atoms with van der Waals surface area (Å²) in [5.41, 5.74) is 2.47. The van der Waals surface area contributed by atoms with Crippen LogP contribution in [0.1, 0.15) is 43.7 Å². The molecule has 21 heavy (non-hydrogen) atoms. The Bertz CT molecular complexity index is 490. The molecule has 0 fully saturated rings. The van der Waals surface area contributed by atoms with Crippen LogP contribution in [0.4, 0.5) is 0 Å². The van der Waals surface area contributed by atoms with Crippen molar-refractivity contribution in [3.05, 3.63) is 53.7 Å². The second kappa shape index (κ2) is 8.63. The molecule has 0 saturated carbocycles. The molecule has 0 bridgehead atoms. The van der Waals surface area contributed by atoms with Crippen molar-refractivity contribution in [2.75, 3.05) is 6.54 Å². The van der Waals surface area contributed by atoms with Gasteiger partial charge in [0.2, 0.25) is 0 Å².